The number of ether oxygens (including phenoxy) is 1. The summed E-state index contributed by atoms with van der Waals surface area (Å²) in [6, 6.07) is 0. The van der Waals surface area contributed by atoms with E-state index in [-0.39, 0.29) is 24.0 Å². The van der Waals surface area contributed by atoms with Crippen molar-refractivity contribution in [3.8, 4) is 0 Å². The van der Waals surface area contributed by atoms with Crippen LogP contribution in [0.3, 0.4) is 0 Å². The van der Waals surface area contributed by atoms with Gasteiger partial charge in [0.15, 0.2) is 5.96 Å². The lowest BCUT2D eigenvalue weighted by Gasteiger charge is -2.27. The number of rotatable bonds is 10. The number of hydrogen-bond acceptors (Lipinski definition) is 3. The van der Waals surface area contributed by atoms with Gasteiger partial charge < -0.3 is 15.4 Å². The van der Waals surface area contributed by atoms with Gasteiger partial charge in [-0.3, -0.25) is 4.99 Å². The smallest absolute Gasteiger partial charge is 0.191 e. The maximum Gasteiger partial charge on any atom is 0.191 e. The second kappa shape index (κ2) is 13.7. The number of nitrogens with zero attached hydrogens (tertiary/aromatic N) is 1. The summed E-state index contributed by atoms with van der Waals surface area (Å²) >= 11 is 1.86. The van der Waals surface area contributed by atoms with E-state index in [1.54, 1.807) is 0 Å². The van der Waals surface area contributed by atoms with Gasteiger partial charge in [-0.2, -0.15) is 11.8 Å². The Morgan fingerprint density at radius 2 is 1.95 bits per heavy atom. The number of nitrogens with one attached hydrogen (secondary N) is 2. The van der Waals surface area contributed by atoms with E-state index in [1.165, 1.54) is 25.7 Å². The van der Waals surface area contributed by atoms with Crippen LogP contribution in [0.25, 0.3) is 0 Å². The van der Waals surface area contributed by atoms with Crippen LogP contribution in [0.5, 0.6) is 0 Å². The van der Waals surface area contributed by atoms with Crippen molar-refractivity contribution < 1.29 is 4.74 Å². The molecular weight excluding hydrogens is 409 g/mol. The van der Waals surface area contributed by atoms with Crippen LogP contribution in [0.1, 0.15) is 46.0 Å². The molecule has 0 aromatic carbocycles. The van der Waals surface area contributed by atoms with Crippen LogP contribution in [0.2, 0.25) is 0 Å². The minimum Gasteiger partial charge on any atom is -0.382 e. The lowest BCUT2D eigenvalue weighted by atomic mass is 9.83. The molecule has 0 aromatic rings. The summed E-state index contributed by atoms with van der Waals surface area (Å²) in [6.07, 6.45) is 8.57. The maximum absolute atomic E-state index is 5.57. The Morgan fingerprint density at radius 3 is 2.55 bits per heavy atom. The van der Waals surface area contributed by atoms with E-state index >= 15 is 0 Å². The van der Waals surface area contributed by atoms with Crippen LogP contribution in [0, 0.1) is 5.41 Å². The highest BCUT2D eigenvalue weighted by molar-refractivity contribution is 14.0. The van der Waals surface area contributed by atoms with Crippen molar-refractivity contribution in [2.45, 2.75) is 46.0 Å². The molecule has 0 aromatic heterocycles. The Labute approximate surface area is 158 Å². The first-order valence-corrected chi connectivity index (χ1v) is 9.74. The fraction of sp³-hybridized carbons (Fsp3) is 0.938. The van der Waals surface area contributed by atoms with E-state index in [0.29, 0.717) is 5.41 Å². The van der Waals surface area contributed by atoms with E-state index in [1.807, 2.05) is 11.8 Å². The standard InChI is InChI=1S/C16H33N3OS.HI/c1-4-17-15(18-11-13-21-3)19-14-16(8-6-7-9-16)10-12-20-5-2;/h4-14H2,1-3H3,(H2,17,18,19);1H. The zero-order valence-electron chi connectivity index (χ0n) is 14.5. The molecule has 1 fully saturated rings. The first kappa shape index (κ1) is 22.3. The summed E-state index contributed by atoms with van der Waals surface area (Å²) in [4.78, 5) is 4.85. The van der Waals surface area contributed by atoms with Gasteiger partial charge in [0.05, 0.1) is 0 Å². The van der Waals surface area contributed by atoms with Crippen LogP contribution >= 0.6 is 35.7 Å². The highest BCUT2D eigenvalue weighted by Crippen LogP contribution is 2.41. The molecule has 0 bridgehead atoms. The molecule has 0 atom stereocenters. The van der Waals surface area contributed by atoms with Crippen molar-refractivity contribution in [3.05, 3.63) is 0 Å². The van der Waals surface area contributed by atoms with Crippen molar-refractivity contribution in [2.24, 2.45) is 10.4 Å². The number of aliphatic imine (C=N–C) groups is 1. The normalized spacial score (nSPS) is 17.1. The third kappa shape index (κ3) is 8.82. The molecule has 6 heteroatoms. The van der Waals surface area contributed by atoms with Crippen molar-refractivity contribution in [1.82, 2.24) is 10.6 Å². The summed E-state index contributed by atoms with van der Waals surface area (Å²) < 4.78 is 5.57. The Bertz CT molecular complexity index is 297. The van der Waals surface area contributed by atoms with Gasteiger partial charge in [-0.05, 0) is 44.8 Å². The van der Waals surface area contributed by atoms with Gasteiger partial charge in [0.25, 0.3) is 0 Å². The van der Waals surface area contributed by atoms with Gasteiger partial charge in [-0.25, -0.2) is 0 Å². The molecule has 0 heterocycles. The zero-order chi connectivity index (χ0) is 15.4. The SMILES string of the molecule is CCNC(=NCC1(CCOCC)CCCC1)NCCSC.I. The van der Waals surface area contributed by atoms with Crippen LogP contribution in [0.15, 0.2) is 4.99 Å². The minimum atomic E-state index is 0. The Hall–Kier alpha value is 0.310. The molecule has 1 aliphatic rings. The Balaban J connectivity index is 0.00000441. The molecule has 2 N–H and O–H groups in total. The largest absolute Gasteiger partial charge is 0.382 e. The average molecular weight is 443 g/mol. The van der Waals surface area contributed by atoms with Gasteiger partial charge in [-0.1, -0.05) is 12.8 Å². The van der Waals surface area contributed by atoms with Crippen molar-refractivity contribution in [1.29, 1.82) is 0 Å². The highest BCUT2D eigenvalue weighted by Gasteiger charge is 2.33. The predicted octanol–water partition coefficient (Wildman–Crippen LogP) is 3.51. The molecule has 0 unspecified atom stereocenters. The summed E-state index contributed by atoms with van der Waals surface area (Å²) in [6.45, 7) is 8.69. The summed E-state index contributed by atoms with van der Waals surface area (Å²) in [7, 11) is 0. The van der Waals surface area contributed by atoms with E-state index in [9.17, 15) is 0 Å². The first-order chi connectivity index (χ1) is 10.3. The van der Waals surface area contributed by atoms with Crippen LogP contribution in [0.4, 0.5) is 0 Å². The first-order valence-electron chi connectivity index (χ1n) is 8.35. The molecule has 22 heavy (non-hydrogen) atoms. The third-order valence-corrected chi connectivity index (χ3v) is 4.77. The number of guanidine groups is 1. The molecule has 1 saturated carbocycles. The summed E-state index contributed by atoms with van der Waals surface area (Å²) in [5, 5.41) is 6.77. The number of thioether (sulfide) groups is 1. The predicted molar refractivity (Wildman–Crippen MR) is 110 cm³/mol. The topological polar surface area (TPSA) is 45.7 Å². The molecule has 0 radical (unpaired) electrons. The van der Waals surface area contributed by atoms with Gasteiger partial charge in [-0.15, -0.1) is 24.0 Å². The maximum atomic E-state index is 5.57. The minimum absolute atomic E-state index is 0. The molecular formula is C16H34IN3OS. The molecule has 0 saturated heterocycles. The molecule has 0 aliphatic heterocycles. The summed E-state index contributed by atoms with van der Waals surface area (Å²) in [5.74, 6) is 2.08. The van der Waals surface area contributed by atoms with E-state index in [0.717, 1.165) is 51.0 Å². The lowest BCUT2D eigenvalue weighted by molar-refractivity contribution is 0.107. The Kier molecular flexibility index (Phi) is 13.9. The lowest BCUT2D eigenvalue weighted by Crippen LogP contribution is -2.39. The highest BCUT2D eigenvalue weighted by atomic mass is 127. The van der Waals surface area contributed by atoms with Gasteiger partial charge in [0.1, 0.15) is 0 Å². The fourth-order valence-electron chi connectivity index (χ4n) is 2.91. The monoisotopic (exact) mass is 443 g/mol. The molecule has 1 aliphatic carbocycles. The number of halogens is 1. The van der Waals surface area contributed by atoms with Crippen LogP contribution < -0.4 is 10.6 Å². The van der Waals surface area contributed by atoms with E-state index in [4.69, 9.17) is 9.73 Å². The van der Waals surface area contributed by atoms with Gasteiger partial charge in [0, 0.05) is 38.6 Å². The zero-order valence-corrected chi connectivity index (χ0v) is 17.6. The second-order valence-electron chi connectivity index (χ2n) is 5.77. The fourth-order valence-corrected chi connectivity index (χ4v) is 3.21. The van der Waals surface area contributed by atoms with Crippen LogP contribution in [-0.2, 0) is 4.74 Å². The Morgan fingerprint density at radius 1 is 1.23 bits per heavy atom. The number of hydrogen-bond donors (Lipinski definition) is 2. The van der Waals surface area contributed by atoms with Crippen molar-refractivity contribution in [3.63, 3.8) is 0 Å². The molecule has 4 nitrogen and oxygen atoms in total. The quantitative estimate of drug-likeness (QED) is 0.235. The molecule has 0 spiro atoms. The van der Waals surface area contributed by atoms with E-state index < -0.39 is 0 Å². The van der Waals surface area contributed by atoms with E-state index in [2.05, 4.69) is 30.7 Å². The van der Waals surface area contributed by atoms with Gasteiger partial charge in [0.2, 0.25) is 0 Å². The van der Waals surface area contributed by atoms with Gasteiger partial charge >= 0.3 is 0 Å². The van der Waals surface area contributed by atoms with Crippen molar-refractivity contribution >= 4 is 41.7 Å². The third-order valence-electron chi connectivity index (χ3n) is 4.16. The summed E-state index contributed by atoms with van der Waals surface area (Å²) in [5.41, 5.74) is 0.372. The molecule has 0 amide bonds. The average Bonchev–Trinajstić information content (AvgIpc) is 2.95. The second-order valence-corrected chi connectivity index (χ2v) is 6.75. The molecule has 1 rings (SSSR count). The van der Waals surface area contributed by atoms with Crippen molar-refractivity contribution in [2.75, 3.05) is 44.9 Å². The molecule has 132 valence electrons. The van der Waals surface area contributed by atoms with Crippen LogP contribution in [-0.4, -0.2) is 50.8 Å².